The van der Waals surface area contributed by atoms with Crippen LogP contribution in [0.5, 0.6) is 11.5 Å². The molecule has 0 saturated heterocycles. The molecule has 3 aromatic carbocycles. The van der Waals surface area contributed by atoms with Crippen molar-refractivity contribution in [2.45, 2.75) is 43.5 Å². The molecule has 36 heavy (non-hydrogen) atoms. The van der Waals surface area contributed by atoms with Crippen LogP contribution in [0.4, 0.5) is 5.69 Å². The molecule has 1 heterocycles. The molecule has 1 aliphatic rings. The van der Waals surface area contributed by atoms with Crippen molar-refractivity contribution in [2.24, 2.45) is 0 Å². The van der Waals surface area contributed by atoms with Gasteiger partial charge in [-0.2, -0.15) is 0 Å². The third kappa shape index (κ3) is 5.82. The minimum Gasteiger partial charge on any atom is -0.486 e. The average molecular weight is 509 g/mol. The van der Waals surface area contributed by atoms with E-state index in [9.17, 15) is 13.2 Å². The fourth-order valence-corrected chi connectivity index (χ4v) is 5.93. The number of hydrogen-bond acceptors (Lipinski definition) is 5. The van der Waals surface area contributed by atoms with Gasteiger partial charge in [0.05, 0.1) is 10.6 Å². The number of carbonyl (C=O) groups is 1. The van der Waals surface area contributed by atoms with E-state index in [1.54, 1.807) is 36.4 Å². The van der Waals surface area contributed by atoms with Gasteiger partial charge in [-0.25, -0.2) is 8.42 Å². The van der Waals surface area contributed by atoms with Gasteiger partial charge in [0.2, 0.25) is 5.91 Å². The van der Waals surface area contributed by atoms with Crippen molar-refractivity contribution in [3.05, 3.63) is 84.4 Å². The normalized spacial score (nSPS) is 14.1. The first kappa shape index (κ1) is 25.6. The number of hydrogen-bond donors (Lipinski definition) is 1. The predicted octanol–water partition coefficient (Wildman–Crippen LogP) is 4.53. The number of nitrogens with zero attached hydrogens (tertiary/aromatic N) is 1. The van der Waals surface area contributed by atoms with E-state index < -0.39 is 10.0 Å². The lowest BCUT2D eigenvalue weighted by Gasteiger charge is -2.30. The molecule has 0 aromatic heterocycles. The molecule has 0 spiro atoms. The summed E-state index contributed by atoms with van der Waals surface area (Å²) in [6.07, 6.45) is 0.693. The molecule has 1 amide bonds. The second-order valence-electron chi connectivity index (χ2n) is 9.58. The van der Waals surface area contributed by atoms with Crippen LogP contribution < -0.4 is 19.1 Å². The second-order valence-corrected chi connectivity index (χ2v) is 11.4. The van der Waals surface area contributed by atoms with Crippen LogP contribution in [0.3, 0.4) is 0 Å². The number of anilines is 1. The molecule has 1 N–H and O–H groups in total. The van der Waals surface area contributed by atoms with Crippen molar-refractivity contribution < 1.29 is 22.7 Å². The van der Waals surface area contributed by atoms with E-state index in [0.717, 1.165) is 4.31 Å². The fraction of sp³-hybridized carbons (Fsp3) is 0.321. The Hall–Kier alpha value is -3.52. The first-order chi connectivity index (χ1) is 17.2. The summed E-state index contributed by atoms with van der Waals surface area (Å²) in [5, 5.41) is 2.99. The SMILES string of the molecule is CC(CC(C)(C)c1ccccc1)NC(=O)CN(c1ccc2c(c1)OCCO2)S(=O)(=O)c1ccccc1. The number of fused-ring (bicyclic) bond motifs is 1. The standard InChI is InChI=1S/C28H32N2O5S/c1-21(19-28(2,3)22-10-6-4-7-11-22)29-27(31)20-30(36(32,33)24-12-8-5-9-13-24)23-14-15-25-26(18-23)35-17-16-34-25/h4-15,18,21H,16-17,19-20H2,1-3H3,(H,29,31). The van der Waals surface area contributed by atoms with Crippen LogP contribution in [0.25, 0.3) is 0 Å². The molecule has 0 radical (unpaired) electrons. The van der Waals surface area contributed by atoms with Gasteiger partial charge < -0.3 is 14.8 Å². The first-order valence-corrected chi connectivity index (χ1v) is 13.4. The van der Waals surface area contributed by atoms with Gasteiger partial charge in [-0.1, -0.05) is 62.4 Å². The summed E-state index contributed by atoms with van der Waals surface area (Å²) < 4.78 is 39.6. The van der Waals surface area contributed by atoms with Crippen LogP contribution in [0, 0.1) is 0 Å². The fourth-order valence-electron chi connectivity index (χ4n) is 4.50. The minimum atomic E-state index is -4.01. The summed E-state index contributed by atoms with van der Waals surface area (Å²) >= 11 is 0. The van der Waals surface area contributed by atoms with E-state index >= 15 is 0 Å². The summed E-state index contributed by atoms with van der Waals surface area (Å²) in [5.74, 6) is 0.606. The molecule has 4 rings (SSSR count). The molecule has 1 aliphatic heterocycles. The zero-order valence-corrected chi connectivity index (χ0v) is 21.6. The molecule has 1 unspecified atom stereocenters. The zero-order valence-electron chi connectivity index (χ0n) is 20.8. The molecule has 0 bridgehead atoms. The Morgan fingerprint density at radius 1 is 0.944 bits per heavy atom. The van der Waals surface area contributed by atoms with Gasteiger partial charge in [0.1, 0.15) is 19.8 Å². The van der Waals surface area contributed by atoms with Gasteiger partial charge in [-0.15, -0.1) is 0 Å². The summed E-state index contributed by atoms with van der Waals surface area (Å²) in [6, 6.07) is 22.9. The second kappa shape index (κ2) is 10.6. The summed E-state index contributed by atoms with van der Waals surface area (Å²) in [7, 11) is -4.01. The molecule has 8 heteroatoms. The molecule has 190 valence electrons. The quantitative estimate of drug-likeness (QED) is 0.459. The highest BCUT2D eigenvalue weighted by Crippen LogP contribution is 2.36. The highest BCUT2D eigenvalue weighted by Gasteiger charge is 2.30. The van der Waals surface area contributed by atoms with E-state index in [0.29, 0.717) is 36.8 Å². The largest absolute Gasteiger partial charge is 0.486 e. The number of amides is 1. The van der Waals surface area contributed by atoms with Crippen molar-refractivity contribution in [1.29, 1.82) is 0 Å². The maximum atomic E-state index is 13.6. The van der Waals surface area contributed by atoms with Gasteiger partial charge >= 0.3 is 0 Å². The first-order valence-electron chi connectivity index (χ1n) is 12.0. The number of carbonyl (C=O) groups excluding carboxylic acids is 1. The molecule has 1 atom stereocenters. The van der Waals surface area contributed by atoms with E-state index in [1.165, 1.54) is 17.7 Å². The van der Waals surface area contributed by atoms with Crippen molar-refractivity contribution in [3.8, 4) is 11.5 Å². The van der Waals surface area contributed by atoms with Crippen LogP contribution in [0.15, 0.2) is 83.8 Å². The van der Waals surface area contributed by atoms with E-state index in [4.69, 9.17) is 9.47 Å². The van der Waals surface area contributed by atoms with Crippen LogP contribution in [0.1, 0.15) is 32.8 Å². The Bertz CT molecular complexity index is 1290. The van der Waals surface area contributed by atoms with Crippen molar-refractivity contribution in [1.82, 2.24) is 5.32 Å². The summed E-state index contributed by atoms with van der Waals surface area (Å²) in [5.41, 5.74) is 1.34. The molecule has 0 fully saturated rings. The van der Waals surface area contributed by atoms with E-state index in [2.05, 4.69) is 31.3 Å². The summed E-state index contributed by atoms with van der Waals surface area (Å²) in [4.78, 5) is 13.3. The van der Waals surface area contributed by atoms with Gasteiger partial charge in [0.25, 0.3) is 10.0 Å². The summed E-state index contributed by atoms with van der Waals surface area (Å²) in [6.45, 7) is 6.63. The predicted molar refractivity (Wildman–Crippen MR) is 140 cm³/mol. The van der Waals surface area contributed by atoms with Crippen molar-refractivity contribution >= 4 is 21.6 Å². The lowest BCUT2D eigenvalue weighted by molar-refractivity contribution is -0.120. The third-order valence-corrected chi connectivity index (χ3v) is 8.00. The zero-order chi connectivity index (χ0) is 25.8. The molecule has 7 nitrogen and oxygen atoms in total. The highest BCUT2D eigenvalue weighted by atomic mass is 32.2. The molecular formula is C28H32N2O5S. The van der Waals surface area contributed by atoms with Crippen LogP contribution in [-0.4, -0.2) is 40.1 Å². The highest BCUT2D eigenvalue weighted by molar-refractivity contribution is 7.92. The number of benzene rings is 3. The molecule has 0 aliphatic carbocycles. The van der Waals surface area contributed by atoms with Crippen LogP contribution in [-0.2, 0) is 20.2 Å². The van der Waals surface area contributed by atoms with E-state index in [-0.39, 0.29) is 28.8 Å². The lowest BCUT2D eigenvalue weighted by atomic mass is 9.79. The Balaban J connectivity index is 1.56. The Morgan fingerprint density at radius 2 is 1.56 bits per heavy atom. The molecule has 3 aromatic rings. The number of nitrogens with one attached hydrogen (secondary N) is 1. The van der Waals surface area contributed by atoms with Gasteiger partial charge in [0, 0.05) is 12.1 Å². The molecular weight excluding hydrogens is 476 g/mol. The maximum Gasteiger partial charge on any atom is 0.264 e. The monoisotopic (exact) mass is 508 g/mol. The Kier molecular flexibility index (Phi) is 7.54. The van der Waals surface area contributed by atoms with Crippen LogP contribution in [0.2, 0.25) is 0 Å². The van der Waals surface area contributed by atoms with Gasteiger partial charge in [0.15, 0.2) is 11.5 Å². The molecule has 0 saturated carbocycles. The third-order valence-electron chi connectivity index (χ3n) is 6.21. The Labute approximate surface area is 213 Å². The Morgan fingerprint density at radius 3 is 2.22 bits per heavy atom. The number of ether oxygens (including phenoxy) is 2. The maximum absolute atomic E-state index is 13.6. The van der Waals surface area contributed by atoms with E-state index in [1.807, 2.05) is 25.1 Å². The number of rotatable bonds is 9. The van der Waals surface area contributed by atoms with Crippen molar-refractivity contribution in [3.63, 3.8) is 0 Å². The topological polar surface area (TPSA) is 84.9 Å². The van der Waals surface area contributed by atoms with Gasteiger partial charge in [-0.05, 0) is 48.6 Å². The van der Waals surface area contributed by atoms with Crippen LogP contribution >= 0.6 is 0 Å². The van der Waals surface area contributed by atoms with Gasteiger partial charge in [-0.3, -0.25) is 9.10 Å². The lowest BCUT2D eigenvalue weighted by Crippen LogP contribution is -2.45. The van der Waals surface area contributed by atoms with Crippen molar-refractivity contribution in [2.75, 3.05) is 24.1 Å². The minimum absolute atomic E-state index is 0.103. The average Bonchev–Trinajstić information content (AvgIpc) is 2.87. The number of sulfonamides is 1. The smallest absolute Gasteiger partial charge is 0.264 e.